The van der Waals surface area contributed by atoms with Crippen molar-refractivity contribution in [1.29, 1.82) is 0 Å². The number of fused-ring (bicyclic) bond motifs is 6. The number of hydrogen-bond donors (Lipinski definition) is 0. The van der Waals surface area contributed by atoms with Crippen LogP contribution in [0.4, 0.5) is 17.1 Å². The Hall–Kier alpha value is -4.76. The van der Waals surface area contributed by atoms with Gasteiger partial charge in [-0.3, -0.25) is 9.59 Å². The van der Waals surface area contributed by atoms with Crippen LogP contribution in [-0.2, 0) is 5.41 Å². The van der Waals surface area contributed by atoms with Crippen LogP contribution >= 0.6 is 0 Å². The number of rotatable bonds is 3. The molecule has 0 saturated heterocycles. The summed E-state index contributed by atoms with van der Waals surface area (Å²) < 4.78 is 1.38. The van der Waals surface area contributed by atoms with E-state index in [1.165, 1.54) is 32.3 Å². The molecule has 6 aromatic carbocycles. The van der Waals surface area contributed by atoms with Crippen molar-refractivity contribution < 1.29 is 9.59 Å². The standard InChI is InChI=1S/C40H29NO2Se/c1-40(2)34-23-29(44-3)15-18-35(34)41(28-11-5-4-6-12-28)36-17-14-27-19-24(13-16-30(27)37(36)40)20-33-38(42)31-21-25-9-7-8-10-26(25)22-32(31)39(33)43/h4-23H,1-3H3. The Kier molecular flexibility index (Phi) is 6.03. The average molecular weight is 635 g/mol. The van der Waals surface area contributed by atoms with Crippen LogP contribution in [0.3, 0.4) is 0 Å². The minimum atomic E-state index is -0.238. The topological polar surface area (TPSA) is 37.4 Å². The molecule has 1 heterocycles. The molecule has 4 heteroatoms. The molecule has 2 aliphatic rings. The SMILES string of the molecule is C[Se]c1ccc2c(c1)C(C)(C)c1c(ccc3cc(C=C4C(=O)c5cc6ccccc6cc5C4=O)ccc13)N2c1ccccc1. The molecule has 3 nitrogen and oxygen atoms in total. The molecule has 0 atom stereocenters. The number of para-hydroxylation sites is 1. The van der Waals surface area contributed by atoms with Gasteiger partial charge in [0, 0.05) is 11.1 Å². The molecule has 0 spiro atoms. The van der Waals surface area contributed by atoms with Gasteiger partial charge in [0.1, 0.15) is 0 Å². The van der Waals surface area contributed by atoms with Crippen LogP contribution in [0.25, 0.3) is 27.6 Å². The average Bonchev–Trinajstić information content (AvgIpc) is 3.27. The number of nitrogens with zero attached hydrogens (tertiary/aromatic N) is 1. The number of Topliss-reactive ketones (excluding diaryl/α,β-unsaturated/α-hetero) is 2. The van der Waals surface area contributed by atoms with Gasteiger partial charge in [0.2, 0.25) is 0 Å². The molecule has 212 valence electrons. The van der Waals surface area contributed by atoms with E-state index >= 15 is 0 Å². The van der Waals surface area contributed by atoms with Crippen LogP contribution in [-0.4, -0.2) is 26.5 Å². The van der Waals surface area contributed by atoms with Crippen LogP contribution in [0.1, 0.15) is 51.3 Å². The van der Waals surface area contributed by atoms with Crippen LogP contribution in [0.5, 0.6) is 0 Å². The fourth-order valence-electron chi connectivity index (χ4n) is 7.03. The number of benzene rings is 6. The van der Waals surface area contributed by atoms with E-state index in [4.69, 9.17) is 0 Å². The monoisotopic (exact) mass is 635 g/mol. The van der Waals surface area contributed by atoms with Gasteiger partial charge in [-0.1, -0.05) is 24.3 Å². The molecule has 0 fully saturated rings. The van der Waals surface area contributed by atoms with Crippen molar-refractivity contribution in [3.63, 3.8) is 0 Å². The van der Waals surface area contributed by atoms with Crippen molar-refractivity contribution in [2.24, 2.45) is 0 Å². The third-order valence-electron chi connectivity index (χ3n) is 9.20. The van der Waals surface area contributed by atoms with E-state index in [0.717, 1.165) is 27.4 Å². The van der Waals surface area contributed by atoms with E-state index in [1.54, 1.807) is 6.08 Å². The molecule has 0 bridgehead atoms. The van der Waals surface area contributed by atoms with Gasteiger partial charge in [0.25, 0.3) is 0 Å². The van der Waals surface area contributed by atoms with E-state index in [2.05, 4.69) is 97.4 Å². The zero-order valence-electron chi connectivity index (χ0n) is 24.7. The summed E-state index contributed by atoms with van der Waals surface area (Å²) in [4.78, 5) is 29.3. The van der Waals surface area contributed by atoms with Gasteiger partial charge in [0.05, 0.1) is 0 Å². The summed E-state index contributed by atoms with van der Waals surface area (Å²) in [6.07, 6.45) is 1.76. The predicted octanol–water partition coefficient (Wildman–Crippen LogP) is 8.94. The Bertz CT molecular complexity index is 2170. The van der Waals surface area contributed by atoms with Gasteiger partial charge < -0.3 is 0 Å². The van der Waals surface area contributed by atoms with Crippen molar-refractivity contribution >= 4 is 75.7 Å². The fourth-order valence-corrected chi connectivity index (χ4v) is 7.96. The van der Waals surface area contributed by atoms with Crippen molar-refractivity contribution in [2.45, 2.75) is 25.1 Å². The third-order valence-corrected chi connectivity index (χ3v) is 10.7. The second-order valence-corrected chi connectivity index (χ2v) is 13.9. The second kappa shape index (κ2) is 9.89. The zero-order chi connectivity index (χ0) is 30.2. The summed E-state index contributed by atoms with van der Waals surface area (Å²) in [6.45, 7) is 4.65. The van der Waals surface area contributed by atoms with Crippen LogP contribution in [0.2, 0.25) is 5.82 Å². The Morgan fingerprint density at radius 1 is 0.659 bits per heavy atom. The van der Waals surface area contributed by atoms with Crippen LogP contribution < -0.4 is 9.36 Å². The van der Waals surface area contributed by atoms with Crippen LogP contribution in [0.15, 0.2) is 121 Å². The molecule has 0 radical (unpaired) electrons. The van der Waals surface area contributed by atoms with E-state index in [1.807, 2.05) is 42.5 Å². The molecule has 0 saturated carbocycles. The molecule has 44 heavy (non-hydrogen) atoms. The first-order valence-electron chi connectivity index (χ1n) is 14.8. The first-order valence-corrected chi connectivity index (χ1v) is 17.4. The Morgan fingerprint density at radius 3 is 2.00 bits per heavy atom. The summed E-state index contributed by atoms with van der Waals surface area (Å²) >= 11 is 0.394. The van der Waals surface area contributed by atoms with E-state index < -0.39 is 0 Å². The minimum absolute atomic E-state index is 0.203. The maximum absolute atomic E-state index is 13.4. The molecular weight excluding hydrogens is 605 g/mol. The van der Waals surface area contributed by atoms with Gasteiger partial charge in [-0.05, 0) is 22.9 Å². The van der Waals surface area contributed by atoms with Gasteiger partial charge in [0.15, 0.2) is 0 Å². The molecule has 0 amide bonds. The van der Waals surface area contributed by atoms with Crippen molar-refractivity contribution in [2.75, 3.05) is 4.90 Å². The number of anilines is 3. The van der Waals surface area contributed by atoms with Crippen molar-refractivity contribution in [3.8, 4) is 0 Å². The fraction of sp³-hybridized carbons (Fsp3) is 0.100. The summed E-state index contributed by atoms with van der Waals surface area (Å²) in [5.74, 6) is 1.86. The Labute approximate surface area is 263 Å². The van der Waals surface area contributed by atoms with Crippen molar-refractivity contribution in [1.82, 2.24) is 0 Å². The van der Waals surface area contributed by atoms with Gasteiger partial charge in [-0.15, -0.1) is 0 Å². The zero-order valence-corrected chi connectivity index (χ0v) is 26.4. The Morgan fingerprint density at radius 2 is 1.32 bits per heavy atom. The van der Waals surface area contributed by atoms with Crippen LogP contribution in [0, 0.1) is 0 Å². The summed E-state index contributed by atoms with van der Waals surface area (Å²) in [6, 6.07) is 39.7. The Balaban J connectivity index is 1.27. The van der Waals surface area contributed by atoms with E-state index in [-0.39, 0.29) is 22.6 Å². The number of carbonyl (C=O) groups excluding carboxylic acids is 2. The molecule has 1 aliphatic carbocycles. The van der Waals surface area contributed by atoms with Crippen molar-refractivity contribution in [3.05, 3.63) is 149 Å². The molecule has 8 rings (SSSR count). The number of hydrogen-bond acceptors (Lipinski definition) is 3. The first kappa shape index (κ1) is 26.8. The number of carbonyl (C=O) groups is 2. The quantitative estimate of drug-likeness (QED) is 0.111. The number of allylic oxidation sites excluding steroid dienone is 1. The third kappa shape index (κ3) is 3.95. The molecule has 6 aromatic rings. The molecule has 0 N–H and O–H groups in total. The van der Waals surface area contributed by atoms with Gasteiger partial charge in [-0.25, -0.2) is 0 Å². The van der Waals surface area contributed by atoms with Gasteiger partial charge in [-0.2, -0.15) is 0 Å². The second-order valence-electron chi connectivity index (χ2n) is 12.1. The maximum atomic E-state index is 13.4. The summed E-state index contributed by atoms with van der Waals surface area (Å²) in [5.41, 5.74) is 7.93. The normalized spacial score (nSPS) is 15.0. The van der Waals surface area contributed by atoms with Gasteiger partial charge >= 0.3 is 196 Å². The molecular formula is C40H29NO2Se. The molecule has 0 aromatic heterocycles. The van der Waals surface area contributed by atoms with E-state index in [0.29, 0.717) is 26.1 Å². The molecule has 0 unspecified atom stereocenters. The molecule has 1 aliphatic heterocycles. The summed E-state index contributed by atoms with van der Waals surface area (Å²) in [5, 5.41) is 4.18. The first-order chi connectivity index (χ1) is 21.3. The summed E-state index contributed by atoms with van der Waals surface area (Å²) in [7, 11) is 0. The number of ketones is 2. The van der Waals surface area contributed by atoms with E-state index in [9.17, 15) is 9.59 Å². The predicted molar refractivity (Wildman–Crippen MR) is 183 cm³/mol.